The van der Waals surface area contributed by atoms with Crippen LogP contribution in [0.4, 0.5) is 5.82 Å². The highest BCUT2D eigenvalue weighted by Gasteiger charge is 2.39. The number of fused-ring (bicyclic) bond motifs is 1. The van der Waals surface area contributed by atoms with Crippen molar-refractivity contribution in [2.45, 2.75) is 30.3 Å². The van der Waals surface area contributed by atoms with Crippen LogP contribution >= 0.6 is 11.8 Å². The number of methoxy groups -OCH3 is 2. The predicted octanol–water partition coefficient (Wildman–Crippen LogP) is 3.07. The number of ketones is 1. The Balaban J connectivity index is 2.03. The van der Waals surface area contributed by atoms with Gasteiger partial charge in [-0.25, -0.2) is 4.98 Å². The SMILES string of the molecule is COc1ccc(OC)c(C2C3=C(CCCC3=O)Nc3nc(SC)[nH]c(=O)c32)c1. The lowest BCUT2D eigenvalue weighted by Gasteiger charge is -2.33. The smallest absolute Gasteiger partial charge is 0.257 e. The number of aromatic nitrogens is 2. The predicted molar refractivity (Wildman–Crippen MR) is 108 cm³/mol. The van der Waals surface area contributed by atoms with Crippen LogP contribution in [-0.2, 0) is 4.79 Å². The Labute approximate surface area is 166 Å². The highest BCUT2D eigenvalue weighted by molar-refractivity contribution is 7.98. The van der Waals surface area contributed by atoms with Crippen LogP contribution in [0.25, 0.3) is 0 Å². The Kier molecular flexibility index (Phi) is 4.89. The first-order valence-corrected chi connectivity index (χ1v) is 10.2. The van der Waals surface area contributed by atoms with Gasteiger partial charge >= 0.3 is 0 Å². The van der Waals surface area contributed by atoms with Gasteiger partial charge < -0.3 is 19.8 Å². The Morgan fingerprint density at radius 3 is 2.71 bits per heavy atom. The van der Waals surface area contributed by atoms with Crippen molar-refractivity contribution >= 4 is 23.4 Å². The number of Topliss-reactive ketones (excluding diaryl/α,β-unsaturated/α-hetero) is 1. The van der Waals surface area contributed by atoms with E-state index in [1.165, 1.54) is 11.8 Å². The number of anilines is 1. The fraction of sp³-hybridized carbons (Fsp3) is 0.350. The van der Waals surface area contributed by atoms with Gasteiger partial charge in [-0.05, 0) is 37.3 Å². The lowest BCUT2D eigenvalue weighted by atomic mass is 9.76. The number of thioether (sulfide) groups is 1. The maximum atomic E-state index is 13.0. The standard InChI is InChI=1S/C20H21N3O4S/c1-26-10-7-8-14(27-2)11(9-10)15-16-12(5-4-6-13(16)24)21-18-17(15)19(25)23-20(22-18)28-3/h7-9,15H,4-6H2,1-3H3,(H2,21,22,23,25). The second-order valence-corrected chi connectivity index (χ2v) is 7.47. The van der Waals surface area contributed by atoms with Gasteiger partial charge in [0, 0.05) is 23.3 Å². The van der Waals surface area contributed by atoms with Crippen LogP contribution in [0.15, 0.2) is 39.4 Å². The van der Waals surface area contributed by atoms with Crippen molar-refractivity contribution in [3.63, 3.8) is 0 Å². The number of allylic oxidation sites excluding steroid dienone is 2. The number of aromatic amines is 1. The van der Waals surface area contributed by atoms with Gasteiger partial charge in [-0.15, -0.1) is 0 Å². The fourth-order valence-corrected chi connectivity index (χ4v) is 4.29. The molecule has 0 fully saturated rings. The highest BCUT2D eigenvalue weighted by atomic mass is 32.2. The van der Waals surface area contributed by atoms with Crippen molar-refractivity contribution in [3.05, 3.63) is 50.9 Å². The van der Waals surface area contributed by atoms with Crippen LogP contribution < -0.4 is 20.3 Å². The third-order valence-corrected chi connectivity index (χ3v) is 5.76. The molecular formula is C20H21N3O4S. The van der Waals surface area contributed by atoms with Crippen LogP contribution in [0, 0.1) is 0 Å². The molecule has 0 saturated heterocycles. The van der Waals surface area contributed by atoms with E-state index in [4.69, 9.17) is 9.47 Å². The Hall–Kier alpha value is -2.74. The van der Waals surface area contributed by atoms with E-state index in [1.807, 2.05) is 12.3 Å². The number of benzene rings is 1. The van der Waals surface area contributed by atoms with Crippen LogP contribution in [-0.4, -0.2) is 36.2 Å². The normalized spacial score (nSPS) is 18.2. The van der Waals surface area contributed by atoms with Crippen LogP contribution in [0.5, 0.6) is 11.5 Å². The molecule has 2 heterocycles. The van der Waals surface area contributed by atoms with Gasteiger partial charge in [0.1, 0.15) is 17.3 Å². The van der Waals surface area contributed by atoms with Crippen LogP contribution in [0.3, 0.4) is 0 Å². The number of rotatable bonds is 4. The number of nitrogens with zero attached hydrogens (tertiary/aromatic N) is 1. The maximum Gasteiger partial charge on any atom is 0.257 e. The summed E-state index contributed by atoms with van der Waals surface area (Å²) < 4.78 is 11.0. The molecule has 0 bridgehead atoms. The number of ether oxygens (including phenoxy) is 2. The number of carbonyl (C=O) groups excluding carboxylic acids is 1. The molecule has 0 spiro atoms. The average molecular weight is 399 g/mol. The summed E-state index contributed by atoms with van der Waals surface area (Å²) in [6.45, 7) is 0. The van der Waals surface area contributed by atoms with E-state index in [0.717, 1.165) is 24.1 Å². The minimum Gasteiger partial charge on any atom is -0.497 e. The van der Waals surface area contributed by atoms with Crippen molar-refractivity contribution < 1.29 is 14.3 Å². The summed E-state index contributed by atoms with van der Waals surface area (Å²) in [4.78, 5) is 33.3. The van der Waals surface area contributed by atoms with Gasteiger partial charge in [0.25, 0.3) is 5.56 Å². The topological polar surface area (TPSA) is 93.3 Å². The highest BCUT2D eigenvalue weighted by Crippen LogP contribution is 2.46. The minimum atomic E-state index is -0.559. The molecule has 0 saturated carbocycles. The summed E-state index contributed by atoms with van der Waals surface area (Å²) in [6, 6.07) is 5.41. The Morgan fingerprint density at radius 2 is 2.00 bits per heavy atom. The molecule has 1 atom stereocenters. The number of nitrogens with one attached hydrogen (secondary N) is 2. The molecule has 2 aromatic rings. The van der Waals surface area contributed by atoms with E-state index >= 15 is 0 Å². The summed E-state index contributed by atoms with van der Waals surface area (Å²) in [5.74, 6) is 1.21. The molecule has 1 aromatic heterocycles. The zero-order valence-electron chi connectivity index (χ0n) is 15.9. The Morgan fingerprint density at radius 1 is 1.18 bits per heavy atom. The van der Waals surface area contributed by atoms with E-state index in [9.17, 15) is 9.59 Å². The third-order valence-electron chi connectivity index (χ3n) is 5.18. The van der Waals surface area contributed by atoms with Gasteiger partial charge in [0.05, 0.1) is 25.7 Å². The Bertz CT molecular complexity index is 1040. The van der Waals surface area contributed by atoms with E-state index in [0.29, 0.717) is 40.0 Å². The van der Waals surface area contributed by atoms with Crippen molar-refractivity contribution in [2.24, 2.45) is 0 Å². The monoisotopic (exact) mass is 399 g/mol. The molecule has 2 aliphatic rings. The first kappa shape index (κ1) is 18.6. The molecule has 146 valence electrons. The van der Waals surface area contributed by atoms with E-state index < -0.39 is 5.92 Å². The van der Waals surface area contributed by atoms with Gasteiger partial charge in [-0.3, -0.25) is 9.59 Å². The van der Waals surface area contributed by atoms with Crippen molar-refractivity contribution in [1.29, 1.82) is 0 Å². The van der Waals surface area contributed by atoms with Crippen LogP contribution in [0.1, 0.15) is 36.3 Å². The summed E-state index contributed by atoms with van der Waals surface area (Å²) in [5, 5.41) is 3.78. The summed E-state index contributed by atoms with van der Waals surface area (Å²) in [5.41, 5.74) is 2.34. The lowest BCUT2D eigenvalue weighted by Crippen LogP contribution is -2.32. The summed E-state index contributed by atoms with van der Waals surface area (Å²) in [7, 11) is 3.15. The number of H-pyrrole nitrogens is 1. The maximum absolute atomic E-state index is 13.0. The number of hydrogen-bond acceptors (Lipinski definition) is 7. The van der Waals surface area contributed by atoms with Crippen molar-refractivity contribution in [1.82, 2.24) is 9.97 Å². The first-order valence-electron chi connectivity index (χ1n) is 9.00. The first-order chi connectivity index (χ1) is 13.6. The van der Waals surface area contributed by atoms with E-state index in [-0.39, 0.29) is 11.3 Å². The lowest BCUT2D eigenvalue weighted by molar-refractivity contribution is -0.116. The zero-order valence-corrected chi connectivity index (χ0v) is 16.7. The zero-order chi connectivity index (χ0) is 19.8. The molecule has 1 aromatic carbocycles. The second kappa shape index (κ2) is 7.35. The number of hydrogen-bond donors (Lipinski definition) is 2. The quantitative estimate of drug-likeness (QED) is 0.603. The molecule has 4 rings (SSSR count). The number of carbonyl (C=O) groups is 1. The molecule has 1 unspecified atom stereocenters. The summed E-state index contributed by atoms with van der Waals surface area (Å²) >= 11 is 1.36. The second-order valence-electron chi connectivity index (χ2n) is 6.67. The fourth-order valence-electron chi connectivity index (χ4n) is 3.91. The third kappa shape index (κ3) is 2.97. The molecule has 0 amide bonds. The molecule has 0 radical (unpaired) electrons. The van der Waals surface area contributed by atoms with Gasteiger partial charge in [0.15, 0.2) is 10.9 Å². The average Bonchev–Trinajstić information content (AvgIpc) is 2.71. The molecule has 2 N–H and O–H groups in total. The van der Waals surface area contributed by atoms with Crippen molar-refractivity contribution in [2.75, 3.05) is 25.8 Å². The van der Waals surface area contributed by atoms with E-state index in [1.54, 1.807) is 26.4 Å². The molecule has 1 aliphatic heterocycles. The van der Waals surface area contributed by atoms with Crippen LogP contribution in [0.2, 0.25) is 0 Å². The molecular weight excluding hydrogens is 378 g/mol. The van der Waals surface area contributed by atoms with Gasteiger partial charge in [-0.2, -0.15) is 0 Å². The molecule has 8 heteroatoms. The minimum absolute atomic E-state index is 0.0441. The van der Waals surface area contributed by atoms with Crippen molar-refractivity contribution in [3.8, 4) is 11.5 Å². The molecule has 28 heavy (non-hydrogen) atoms. The summed E-state index contributed by atoms with van der Waals surface area (Å²) in [6.07, 6.45) is 3.84. The van der Waals surface area contributed by atoms with Gasteiger partial charge in [-0.1, -0.05) is 11.8 Å². The molecule has 1 aliphatic carbocycles. The van der Waals surface area contributed by atoms with Gasteiger partial charge in [0.2, 0.25) is 0 Å². The van der Waals surface area contributed by atoms with E-state index in [2.05, 4.69) is 15.3 Å². The molecule has 7 nitrogen and oxygen atoms in total. The largest absolute Gasteiger partial charge is 0.497 e.